The summed E-state index contributed by atoms with van der Waals surface area (Å²) >= 11 is 12.0. The molecule has 0 radical (unpaired) electrons. The first-order valence-corrected chi connectivity index (χ1v) is 8.15. The first-order valence-electron chi connectivity index (χ1n) is 7.40. The summed E-state index contributed by atoms with van der Waals surface area (Å²) in [5, 5.41) is 4.16. The molecule has 6 heteroatoms. The molecule has 22 heavy (non-hydrogen) atoms. The molecule has 4 nitrogen and oxygen atoms in total. The van der Waals surface area contributed by atoms with Crippen molar-refractivity contribution in [1.82, 2.24) is 10.2 Å². The third-order valence-corrected chi connectivity index (χ3v) is 4.48. The van der Waals surface area contributed by atoms with E-state index < -0.39 is 0 Å². The molecule has 0 aromatic heterocycles. The van der Waals surface area contributed by atoms with Gasteiger partial charge in [0.25, 0.3) is 0 Å². The smallest absolute Gasteiger partial charge is 0.243 e. The number of rotatable bonds is 4. The SMILES string of the molecule is CC(=O)N1CCC[C@H]1C(=O)N[C@H](C)Cc1ccc(Cl)cc1Cl. The Morgan fingerprint density at radius 3 is 2.77 bits per heavy atom. The van der Waals surface area contributed by atoms with E-state index in [1.54, 1.807) is 17.0 Å². The van der Waals surface area contributed by atoms with E-state index in [0.29, 0.717) is 23.0 Å². The van der Waals surface area contributed by atoms with Gasteiger partial charge in [0.05, 0.1) is 0 Å². The Morgan fingerprint density at radius 2 is 2.14 bits per heavy atom. The second kappa shape index (κ2) is 7.34. The largest absolute Gasteiger partial charge is 0.352 e. The minimum absolute atomic E-state index is 0.0500. The molecule has 0 unspecified atom stereocenters. The van der Waals surface area contributed by atoms with Crippen LogP contribution in [0.25, 0.3) is 0 Å². The second-order valence-electron chi connectivity index (χ2n) is 5.72. The van der Waals surface area contributed by atoms with E-state index >= 15 is 0 Å². The zero-order valence-corrected chi connectivity index (χ0v) is 14.2. The molecular weight excluding hydrogens is 323 g/mol. The zero-order valence-electron chi connectivity index (χ0n) is 12.7. The topological polar surface area (TPSA) is 49.4 Å². The highest BCUT2D eigenvalue weighted by atomic mass is 35.5. The number of nitrogens with one attached hydrogen (secondary N) is 1. The average Bonchev–Trinajstić information content (AvgIpc) is 2.91. The molecule has 1 aromatic carbocycles. The van der Waals surface area contributed by atoms with Crippen molar-refractivity contribution >= 4 is 35.0 Å². The Morgan fingerprint density at radius 1 is 1.41 bits per heavy atom. The number of nitrogens with zero attached hydrogens (tertiary/aromatic N) is 1. The van der Waals surface area contributed by atoms with Crippen LogP contribution < -0.4 is 5.32 Å². The molecule has 0 saturated carbocycles. The Kier molecular flexibility index (Phi) is 5.70. The summed E-state index contributed by atoms with van der Waals surface area (Å²) in [4.78, 5) is 25.5. The summed E-state index contributed by atoms with van der Waals surface area (Å²) in [5.74, 6) is -0.142. The fourth-order valence-corrected chi connectivity index (χ4v) is 3.31. The lowest BCUT2D eigenvalue weighted by Crippen LogP contribution is -2.48. The predicted octanol–water partition coefficient (Wildman–Crippen LogP) is 3.05. The van der Waals surface area contributed by atoms with E-state index in [1.165, 1.54) is 6.92 Å². The molecule has 1 fully saturated rings. The quantitative estimate of drug-likeness (QED) is 0.914. The summed E-state index contributed by atoms with van der Waals surface area (Å²) in [7, 11) is 0. The third kappa shape index (κ3) is 4.14. The van der Waals surface area contributed by atoms with Gasteiger partial charge in [-0.1, -0.05) is 29.3 Å². The number of hydrogen-bond acceptors (Lipinski definition) is 2. The average molecular weight is 343 g/mol. The predicted molar refractivity (Wildman–Crippen MR) is 88.2 cm³/mol. The first kappa shape index (κ1) is 17.1. The molecule has 1 saturated heterocycles. The van der Waals surface area contributed by atoms with Crippen LogP contribution in [0.1, 0.15) is 32.3 Å². The van der Waals surface area contributed by atoms with E-state index in [2.05, 4.69) is 5.32 Å². The van der Waals surface area contributed by atoms with Crippen molar-refractivity contribution in [3.8, 4) is 0 Å². The van der Waals surface area contributed by atoms with E-state index in [0.717, 1.165) is 18.4 Å². The van der Waals surface area contributed by atoms with Gasteiger partial charge in [0.1, 0.15) is 6.04 Å². The first-order chi connectivity index (χ1) is 10.4. The van der Waals surface area contributed by atoms with Crippen molar-refractivity contribution in [3.63, 3.8) is 0 Å². The fraction of sp³-hybridized carbons (Fsp3) is 0.500. The molecule has 120 valence electrons. The number of likely N-dealkylation sites (tertiary alicyclic amines) is 1. The van der Waals surface area contributed by atoms with Gasteiger partial charge in [0.15, 0.2) is 0 Å². The maximum absolute atomic E-state index is 12.3. The van der Waals surface area contributed by atoms with Gasteiger partial charge < -0.3 is 10.2 Å². The van der Waals surface area contributed by atoms with Gasteiger partial charge >= 0.3 is 0 Å². The highest BCUT2D eigenvalue weighted by molar-refractivity contribution is 6.35. The normalized spacial score (nSPS) is 19.1. The van der Waals surface area contributed by atoms with Gasteiger partial charge in [0.2, 0.25) is 11.8 Å². The van der Waals surface area contributed by atoms with Gasteiger partial charge in [-0.2, -0.15) is 0 Å². The fourth-order valence-electron chi connectivity index (χ4n) is 2.82. The maximum Gasteiger partial charge on any atom is 0.243 e. The lowest BCUT2D eigenvalue weighted by atomic mass is 10.1. The molecule has 1 aliphatic rings. The molecule has 0 spiro atoms. The minimum Gasteiger partial charge on any atom is -0.352 e. The lowest BCUT2D eigenvalue weighted by Gasteiger charge is -2.24. The van der Waals surface area contributed by atoms with Crippen LogP contribution in [0.4, 0.5) is 0 Å². The highest BCUT2D eigenvalue weighted by Gasteiger charge is 2.32. The molecule has 2 rings (SSSR count). The number of amides is 2. The Bertz CT molecular complexity index is 577. The summed E-state index contributed by atoms with van der Waals surface area (Å²) < 4.78 is 0. The zero-order chi connectivity index (χ0) is 16.3. The van der Waals surface area contributed by atoms with Gasteiger partial charge in [0, 0.05) is 29.6 Å². The van der Waals surface area contributed by atoms with Gasteiger partial charge in [-0.3, -0.25) is 9.59 Å². The van der Waals surface area contributed by atoms with Crippen LogP contribution in [0.3, 0.4) is 0 Å². The van der Waals surface area contributed by atoms with Gasteiger partial charge in [-0.25, -0.2) is 0 Å². The van der Waals surface area contributed by atoms with Crippen molar-refractivity contribution in [3.05, 3.63) is 33.8 Å². The van der Waals surface area contributed by atoms with E-state index in [1.807, 2.05) is 13.0 Å². The van der Waals surface area contributed by atoms with E-state index in [9.17, 15) is 9.59 Å². The number of carbonyl (C=O) groups excluding carboxylic acids is 2. The summed E-state index contributed by atoms with van der Waals surface area (Å²) in [6.45, 7) is 4.09. The Hall–Kier alpha value is -1.26. The minimum atomic E-state index is -0.347. The summed E-state index contributed by atoms with van der Waals surface area (Å²) in [5.41, 5.74) is 0.939. The molecular formula is C16H20Cl2N2O2. The van der Waals surface area contributed by atoms with Crippen molar-refractivity contribution in [2.24, 2.45) is 0 Å². The van der Waals surface area contributed by atoms with Gasteiger partial charge in [-0.05, 0) is 43.9 Å². The maximum atomic E-state index is 12.3. The summed E-state index contributed by atoms with van der Waals surface area (Å²) in [6, 6.07) is 4.93. The lowest BCUT2D eigenvalue weighted by molar-refractivity contribution is -0.137. The molecule has 0 bridgehead atoms. The summed E-state index contributed by atoms with van der Waals surface area (Å²) in [6.07, 6.45) is 2.21. The van der Waals surface area contributed by atoms with Crippen molar-refractivity contribution in [2.75, 3.05) is 6.54 Å². The van der Waals surface area contributed by atoms with Crippen LogP contribution in [0.5, 0.6) is 0 Å². The third-order valence-electron chi connectivity index (χ3n) is 3.89. The molecule has 1 N–H and O–H groups in total. The number of carbonyl (C=O) groups is 2. The Labute approximate surface area is 140 Å². The second-order valence-corrected chi connectivity index (χ2v) is 6.56. The van der Waals surface area contributed by atoms with E-state index in [-0.39, 0.29) is 23.9 Å². The van der Waals surface area contributed by atoms with Crippen molar-refractivity contribution in [2.45, 2.75) is 45.2 Å². The number of halogens is 2. The molecule has 2 amide bonds. The van der Waals surface area contributed by atoms with E-state index in [4.69, 9.17) is 23.2 Å². The Balaban J connectivity index is 1.95. The molecule has 1 heterocycles. The number of hydrogen-bond donors (Lipinski definition) is 1. The molecule has 2 atom stereocenters. The standard InChI is InChI=1S/C16H20Cl2N2O2/c1-10(8-12-5-6-13(17)9-14(12)18)19-16(22)15-4-3-7-20(15)11(2)21/h5-6,9-10,15H,3-4,7-8H2,1-2H3,(H,19,22)/t10-,15+/m1/s1. The van der Waals surface area contributed by atoms with Crippen LogP contribution in [0.15, 0.2) is 18.2 Å². The monoisotopic (exact) mass is 342 g/mol. The van der Waals surface area contributed by atoms with Gasteiger partial charge in [-0.15, -0.1) is 0 Å². The van der Waals surface area contributed by atoms with Crippen molar-refractivity contribution < 1.29 is 9.59 Å². The number of benzene rings is 1. The molecule has 1 aromatic rings. The van der Waals surface area contributed by atoms with Crippen molar-refractivity contribution in [1.29, 1.82) is 0 Å². The van der Waals surface area contributed by atoms with Crippen LogP contribution in [-0.2, 0) is 16.0 Å². The van der Waals surface area contributed by atoms with Crippen LogP contribution in [0.2, 0.25) is 10.0 Å². The van der Waals surface area contributed by atoms with Crippen LogP contribution >= 0.6 is 23.2 Å². The molecule has 0 aliphatic carbocycles. The molecule has 1 aliphatic heterocycles. The highest BCUT2D eigenvalue weighted by Crippen LogP contribution is 2.22. The van der Waals surface area contributed by atoms with Crippen LogP contribution in [0, 0.1) is 0 Å². The van der Waals surface area contributed by atoms with Crippen LogP contribution in [-0.4, -0.2) is 35.3 Å².